The third kappa shape index (κ3) is 4.52. The molecule has 0 aromatic heterocycles. The molecule has 5 heteroatoms. The Hall–Kier alpha value is -0.420. The molecule has 2 rings (SSSR count). The first-order valence-electron chi connectivity index (χ1n) is 6.63. The fourth-order valence-corrected chi connectivity index (χ4v) is 3.46. The maximum atomic E-state index is 14.0. The fraction of sp³-hybridized carbons (Fsp3) is 0.250. The van der Waals surface area contributed by atoms with E-state index in [-0.39, 0.29) is 11.9 Å². The Morgan fingerprint density at radius 3 is 2.48 bits per heavy atom. The first kappa shape index (κ1) is 16.9. The van der Waals surface area contributed by atoms with E-state index in [2.05, 4.69) is 37.2 Å². The lowest BCUT2D eigenvalue weighted by atomic mass is 9.98. The minimum absolute atomic E-state index is 0.0283. The second kappa shape index (κ2) is 7.73. The Bertz CT molecular complexity index is 634. The molecule has 0 heterocycles. The van der Waals surface area contributed by atoms with Gasteiger partial charge in [-0.2, -0.15) is 0 Å². The lowest BCUT2D eigenvalue weighted by Gasteiger charge is -2.20. The van der Waals surface area contributed by atoms with Crippen molar-refractivity contribution < 1.29 is 4.39 Å². The summed E-state index contributed by atoms with van der Waals surface area (Å²) in [6.07, 6.45) is 0.542. The van der Waals surface area contributed by atoms with Crippen molar-refractivity contribution >= 4 is 43.5 Å². The van der Waals surface area contributed by atoms with E-state index in [1.807, 2.05) is 31.2 Å². The van der Waals surface area contributed by atoms with Gasteiger partial charge in [0.2, 0.25) is 0 Å². The SMILES string of the molecule is CCNC(Cc1cc(Br)ccc1F)c1ccc(Br)cc1Cl. The Morgan fingerprint density at radius 2 is 1.81 bits per heavy atom. The second-order valence-electron chi connectivity index (χ2n) is 4.72. The molecule has 2 aromatic carbocycles. The number of hydrogen-bond acceptors (Lipinski definition) is 1. The maximum absolute atomic E-state index is 14.0. The van der Waals surface area contributed by atoms with Gasteiger partial charge >= 0.3 is 0 Å². The van der Waals surface area contributed by atoms with Crippen molar-refractivity contribution in [1.82, 2.24) is 5.32 Å². The summed E-state index contributed by atoms with van der Waals surface area (Å²) in [5.41, 5.74) is 1.63. The average molecular weight is 436 g/mol. The molecule has 1 unspecified atom stereocenters. The monoisotopic (exact) mass is 433 g/mol. The zero-order chi connectivity index (χ0) is 15.4. The van der Waals surface area contributed by atoms with Gasteiger partial charge in [-0.25, -0.2) is 4.39 Å². The number of hydrogen-bond donors (Lipinski definition) is 1. The van der Waals surface area contributed by atoms with E-state index < -0.39 is 0 Å². The Morgan fingerprint density at radius 1 is 1.14 bits per heavy atom. The van der Waals surface area contributed by atoms with Gasteiger partial charge in [-0.15, -0.1) is 0 Å². The normalized spacial score (nSPS) is 12.4. The highest BCUT2D eigenvalue weighted by atomic mass is 79.9. The molecule has 21 heavy (non-hydrogen) atoms. The molecule has 0 amide bonds. The maximum Gasteiger partial charge on any atom is 0.126 e. The van der Waals surface area contributed by atoms with E-state index in [1.165, 1.54) is 6.07 Å². The number of halogens is 4. The highest BCUT2D eigenvalue weighted by Crippen LogP contribution is 2.29. The molecule has 0 fully saturated rings. The molecule has 0 spiro atoms. The molecule has 0 radical (unpaired) electrons. The van der Waals surface area contributed by atoms with Gasteiger partial charge in [-0.1, -0.05) is 56.5 Å². The summed E-state index contributed by atoms with van der Waals surface area (Å²) < 4.78 is 15.8. The van der Waals surface area contributed by atoms with Crippen LogP contribution in [-0.2, 0) is 6.42 Å². The molecule has 0 saturated carbocycles. The minimum atomic E-state index is -0.200. The zero-order valence-corrected chi connectivity index (χ0v) is 15.4. The van der Waals surface area contributed by atoms with Crippen LogP contribution in [0.4, 0.5) is 4.39 Å². The Kier molecular flexibility index (Phi) is 6.23. The molecule has 0 bridgehead atoms. The van der Waals surface area contributed by atoms with Gasteiger partial charge in [0.1, 0.15) is 5.82 Å². The molecule has 1 N–H and O–H groups in total. The number of likely N-dealkylation sites (N-methyl/N-ethyl adjacent to an activating group) is 1. The highest BCUT2D eigenvalue weighted by Gasteiger charge is 2.17. The third-order valence-corrected chi connectivity index (χ3v) is 4.53. The molecule has 1 atom stereocenters. The first-order valence-corrected chi connectivity index (χ1v) is 8.60. The zero-order valence-electron chi connectivity index (χ0n) is 11.5. The summed E-state index contributed by atoms with van der Waals surface area (Å²) in [5, 5.41) is 4.04. The van der Waals surface area contributed by atoms with Crippen LogP contribution in [0.5, 0.6) is 0 Å². The molecule has 1 nitrogen and oxygen atoms in total. The lowest BCUT2D eigenvalue weighted by Crippen LogP contribution is -2.23. The minimum Gasteiger partial charge on any atom is -0.310 e. The quantitative estimate of drug-likeness (QED) is 0.617. The van der Waals surface area contributed by atoms with Crippen molar-refractivity contribution in [2.75, 3.05) is 6.54 Å². The van der Waals surface area contributed by atoms with Gasteiger partial charge in [0, 0.05) is 20.0 Å². The van der Waals surface area contributed by atoms with E-state index in [1.54, 1.807) is 6.07 Å². The van der Waals surface area contributed by atoms with Crippen LogP contribution in [0.2, 0.25) is 5.02 Å². The number of nitrogens with one attached hydrogen (secondary N) is 1. The van der Waals surface area contributed by atoms with Gasteiger partial charge in [0.15, 0.2) is 0 Å². The van der Waals surface area contributed by atoms with Gasteiger partial charge in [0.25, 0.3) is 0 Å². The summed E-state index contributed by atoms with van der Waals surface area (Å²) >= 11 is 13.1. The lowest BCUT2D eigenvalue weighted by molar-refractivity contribution is 0.528. The predicted octanol–water partition coefficient (Wildman–Crippen LogP) is 5.90. The van der Waals surface area contributed by atoms with Gasteiger partial charge in [-0.3, -0.25) is 0 Å². The van der Waals surface area contributed by atoms with E-state index in [4.69, 9.17) is 11.6 Å². The van der Waals surface area contributed by atoms with Crippen molar-refractivity contribution in [1.29, 1.82) is 0 Å². The molecule has 0 aliphatic carbocycles. The van der Waals surface area contributed by atoms with Crippen molar-refractivity contribution in [3.05, 3.63) is 67.3 Å². The van der Waals surface area contributed by atoms with Crippen molar-refractivity contribution in [3.8, 4) is 0 Å². The van der Waals surface area contributed by atoms with Crippen LogP contribution in [0.15, 0.2) is 45.3 Å². The van der Waals surface area contributed by atoms with E-state index in [0.29, 0.717) is 17.0 Å². The first-order chi connectivity index (χ1) is 10.0. The number of benzene rings is 2. The van der Waals surface area contributed by atoms with Crippen LogP contribution in [0.3, 0.4) is 0 Å². The standard InChI is InChI=1S/C16H15Br2ClFN/c1-2-21-16(13-5-3-12(18)9-14(13)19)8-10-7-11(17)4-6-15(10)20/h3-7,9,16,21H,2,8H2,1H3. The summed E-state index contributed by atoms with van der Waals surface area (Å²) in [4.78, 5) is 0. The summed E-state index contributed by atoms with van der Waals surface area (Å²) in [6.45, 7) is 2.81. The van der Waals surface area contributed by atoms with Crippen molar-refractivity contribution in [2.45, 2.75) is 19.4 Å². The third-order valence-electron chi connectivity index (χ3n) is 3.22. The average Bonchev–Trinajstić information content (AvgIpc) is 2.42. The van der Waals surface area contributed by atoms with E-state index >= 15 is 0 Å². The van der Waals surface area contributed by atoms with Crippen LogP contribution in [-0.4, -0.2) is 6.54 Å². The molecule has 112 valence electrons. The Balaban J connectivity index is 2.32. The topological polar surface area (TPSA) is 12.0 Å². The fourth-order valence-electron chi connectivity index (χ4n) is 2.24. The van der Waals surface area contributed by atoms with Gasteiger partial charge in [-0.05, 0) is 54.4 Å². The van der Waals surface area contributed by atoms with Crippen LogP contribution < -0.4 is 5.32 Å². The van der Waals surface area contributed by atoms with Crippen LogP contribution >= 0.6 is 43.5 Å². The number of rotatable bonds is 5. The molecule has 0 aliphatic rings. The smallest absolute Gasteiger partial charge is 0.126 e. The molecular formula is C16H15Br2ClFN. The van der Waals surface area contributed by atoms with Crippen LogP contribution in [0.25, 0.3) is 0 Å². The summed E-state index contributed by atoms with van der Waals surface area (Å²) in [6, 6.07) is 10.7. The van der Waals surface area contributed by atoms with Crippen LogP contribution in [0, 0.1) is 5.82 Å². The predicted molar refractivity (Wildman–Crippen MR) is 93.4 cm³/mol. The van der Waals surface area contributed by atoms with Crippen molar-refractivity contribution in [3.63, 3.8) is 0 Å². The largest absolute Gasteiger partial charge is 0.310 e. The molecule has 2 aromatic rings. The summed E-state index contributed by atoms with van der Waals surface area (Å²) in [7, 11) is 0. The van der Waals surface area contributed by atoms with Crippen molar-refractivity contribution in [2.24, 2.45) is 0 Å². The van der Waals surface area contributed by atoms with Gasteiger partial charge in [0.05, 0.1) is 0 Å². The second-order valence-corrected chi connectivity index (χ2v) is 6.95. The molecule has 0 aliphatic heterocycles. The molecule has 0 saturated heterocycles. The molecular weight excluding hydrogens is 420 g/mol. The van der Waals surface area contributed by atoms with E-state index in [0.717, 1.165) is 21.1 Å². The van der Waals surface area contributed by atoms with Gasteiger partial charge < -0.3 is 5.32 Å². The Labute approximate surface area is 146 Å². The highest BCUT2D eigenvalue weighted by molar-refractivity contribution is 9.10. The summed E-state index contributed by atoms with van der Waals surface area (Å²) in [5.74, 6) is -0.200. The van der Waals surface area contributed by atoms with E-state index in [9.17, 15) is 4.39 Å². The van der Waals surface area contributed by atoms with Crippen LogP contribution in [0.1, 0.15) is 24.1 Å².